The van der Waals surface area contributed by atoms with E-state index in [9.17, 15) is 13.5 Å². The molecule has 0 aliphatic rings. The van der Waals surface area contributed by atoms with Crippen molar-refractivity contribution in [1.29, 1.82) is 0 Å². The first-order valence-electron chi connectivity index (χ1n) is 6.55. The highest BCUT2D eigenvalue weighted by Crippen LogP contribution is 2.31. The molecule has 2 aromatic rings. The topological polar surface area (TPSA) is 85.1 Å². The van der Waals surface area contributed by atoms with Crippen LogP contribution in [-0.4, -0.2) is 27.9 Å². The molecule has 0 spiro atoms. The van der Waals surface area contributed by atoms with Crippen molar-refractivity contribution < 1.29 is 13.5 Å². The summed E-state index contributed by atoms with van der Waals surface area (Å²) in [6.07, 6.45) is 0.366. The zero-order chi connectivity index (χ0) is 15.8. The van der Waals surface area contributed by atoms with Crippen molar-refractivity contribution in [1.82, 2.24) is 14.4 Å². The second-order valence-electron chi connectivity index (χ2n) is 6.10. The second kappa shape index (κ2) is 5.23. The Bertz CT molecular complexity index is 728. The molecule has 1 aromatic heterocycles. The van der Waals surface area contributed by atoms with E-state index in [2.05, 4.69) is 10.3 Å². The lowest BCUT2D eigenvalue weighted by atomic mass is 9.88. The lowest BCUT2D eigenvalue weighted by molar-refractivity contribution is 0.0588. The molecular weight excluding hydrogens is 290 g/mol. The fraction of sp³-hybridized carbons (Fsp3) is 0.429. The summed E-state index contributed by atoms with van der Waals surface area (Å²) in [7, 11) is -3.78. The summed E-state index contributed by atoms with van der Waals surface area (Å²) < 4.78 is 25.6. The van der Waals surface area contributed by atoms with Gasteiger partial charge in [-0.2, -0.15) is 8.42 Å². The fourth-order valence-electron chi connectivity index (χ4n) is 1.77. The molecule has 7 heteroatoms. The quantitative estimate of drug-likeness (QED) is 0.936. The molecule has 1 unspecified atom stereocenters. The van der Waals surface area contributed by atoms with Crippen LogP contribution >= 0.6 is 0 Å². The van der Waals surface area contributed by atoms with E-state index in [1.54, 1.807) is 12.1 Å². The van der Waals surface area contributed by atoms with Crippen LogP contribution in [0.25, 0.3) is 0 Å². The van der Waals surface area contributed by atoms with Crippen LogP contribution in [0, 0.1) is 12.3 Å². The van der Waals surface area contributed by atoms with Gasteiger partial charge in [0.1, 0.15) is 11.8 Å². The molecule has 0 radical (unpaired) electrons. The molecule has 0 saturated heterocycles. The summed E-state index contributed by atoms with van der Waals surface area (Å²) in [4.78, 5) is 0.134. The highest BCUT2D eigenvalue weighted by molar-refractivity contribution is 7.89. The molecule has 1 N–H and O–H groups in total. The van der Waals surface area contributed by atoms with E-state index >= 15 is 0 Å². The van der Waals surface area contributed by atoms with Gasteiger partial charge in [0.2, 0.25) is 0 Å². The molecule has 0 aliphatic carbocycles. The average molecular weight is 309 g/mol. The maximum atomic E-state index is 12.4. The summed E-state index contributed by atoms with van der Waals surface area (Å²) in [6.45, 7) is 7.39. The van der Waals surface area contributed by atoms with Crippen molar-refractivity contribution in [3.05, 3.63) is 41.7 Å². The van der Waals surface area contributed by atoms with Gasteiger partial charge in [0.15, 0.2) is 0 Å². The molecule has 21 heavy (non-hydrogen) atoms. The lowest BCUT2D eigenvalue weighted by Crippen LogP contribution is -2.18. The Kier molecular flexibility index (Phi) is 3.90. The molecule has 2 rings (SSSR count). The molecule has 1 aromatic carbocycles. The normalized spacial score (nSPS) is 14.1. The third kappa shape index (κ3) is 3.14. The number of hydrogen-bond acceptors (Lipinski definition) is 5. The molecule has 6 nitrogen and oxygen atoms in total. The van der Waals surface area contributed by atoms with Crippen molar-refractivity contribution in [2.45, 2.75) is 38.7 Å². The first kappa shape index (κ1) is 15.7. The number of aromatic nitrogens is 3. The largest absolute Gasteiger partial charge is 0.386 e. The molecule has 0 saturated carbocycles. The van der Waals surface area contributed by atoms with Gasteiger partial charge in [-0.05, 0) is 24.5 Å². The van der Waals surface area contributed by atoms with Crippen molar-refractivity contribution in [3.63, 3.8) is 0 Å². The number of benzene rings is 1. The number of aliphatic hydroxyl groups is 1. The summed E-state index contributed by atoms with van der Waals surface area (Å²) in [5.41, 5.74) is 0.753. The maximum absolute atomic E-state index is 12.4. The van der Waals surface area contributed by atoms with Gasteiger partial charge in [-0.3, -0.25) is 0 Å². The van der Waals surface area contributed by atoms with Crippen LogP contribution in [0.2, 0.25) is 0 Å². The van der Waals surface area contributed by atoms with Crippen molar-refractivity contribution in [2.24, 2.45) is 5.41 Å². The lowest BCUT2D eigenvalue weighted by Gasteiger charge is -2.23. The van der Waals surface area contributed by atoms with E-state index in [0.717, 1.165) is 9.65 Å². The van der Waals surface area contributed by atoms with Gasteiger partial charge >= 0.3 is 0 Å². The third-order valence-electron chi connectivity index (χ3n) is 3.16. The fourth-order valence-corrected chi connectivity index (χ4v) is 2.84. The van der Waals surface area contributed by atoms with E-state index in [1.807, 2.05) is 27.7 Å². The van der Waals surface area contributed by atoms with Crippen molar-refractivity contribution >= 4 is 10.0 Å². The zero-order valence-corrected chi connectivity index (χ0v) is 13.3. The molecular formula is C14H19N3O3S. The van der Waals surface area contributed by atoms with Gasteiger partial charge < -0.3 is 5.11 Å². The molecule has 0 bridgehead atoms. The summed E-state index contributed by atoms with van der Waals surface area (Å²) in [5, 5.41) is 17.5. The Hall–Kier alpha value is -1.73. The van der Waals surface area contributed by atoms with E-state index in [-0.39, 0.29) is 10.6 Å². The zero-order valence-electron chi connectivity index (χ0n) is 12.5. The number of rotatable bonds is 3. The predicted octanol–water partition coefficient (Wildman–Crippen LogP) is 1.90. The van der Waals surface area contributed by atoms with E-state index in [4.69, 9.17) is 0 Å². The van der Waals surface area contributed by atoms with Crippen LogP contribution in [0.5, 0.6) is 0 Å². The van der Waals surface area contributed by atoms with E-state index < -0.39 is 21.5 Å². The van der Waals surface area contributed by atoms with Crippen molar-refractivity contribution in [3.8, 4) is 0 Å². The highest BCUT2D eigenvalue weighted by Gasteiger charge is 2.28. The first-order chi connectivity index (χ1) is 9.62. The molecule has 0 amide bonds. The van der Waals surface area contributed by atoms with Crippen LogP contribution in [-0.2, 0) is 10.0 Å². The van der Waals surface area contributed by atoms with Crippen molar-refractivity contribution in [2.75, 3.05) is 0 Å². The third-order valence-corrected chi connectivity index (χ3v) is 4.70. The number of hydrogen-bond donors (Lipinski definition) is 1. The van der Waals surface area contributed by atoms with Crippen LogP contribution < -0.4 is 0 Å². The summed E-state index contributed by atoms with van der Waals surface area (Å²) >= 11 is 0. The molecule has 1 heterocycles. The Balaban J connectivity index is 2.39. The Labute approximate surface area is 124 Å². The van der Waals surface area contributed by atoms with Gasteiger partial charge in [-0.15, -0.1) is 9.19 Å². The maximum Gasteiger partial charge on any atom is 0.284 e. The van der Waals surface area contributed by atoms with Crippen LogP contribution in [0.15, 0.2) is 35.4 Å². The number of aryl methyl sites for hydroxylation is 1. The summed E-state index contributed by atoms with van der Waals surface area (Å²) in [5.74, 6) is 0. The van der Waals surface area contributed by atoms with Gasteiger partial charge in [-0.25, -0.2) is 0 Å². The van der Waals surface area contributed by atoms with Crippen LogP contribution in [0.4, 0.5) is 0 Å². The Morgan fingerprint density at radius 2 is 1.76 bits per heavy atom. The van der Waals surface area contributed by atoms with Gasteiger partial charge in [0, 0.05) is 0 Å². The Morgan fingerprint density at radius 3 is 2.29 bits per heavy atom. The minimum Gasteiger partial charge on any atom is -0.386 e. The van der Waals surface area contributed by atoms with Gasteiger partial charge in [-0.1, -0.05) is 43.7 Å². The van der Waals surface area contributed by atoms with Gasteiger partial charge in [0.25, 0.3) is 10.0 Å². The van der Waals surface area contributed by atoms with E-state index in [0.29, 0.717) is 0 Å². The van der Waals surface area contributed by atoms with Crippen LogP contribution in [0.3, 0.4) is 0 Å². The number of aliphatic hydroxyl groups excluding tert-OH is 1. The molecule has 0 fully saturated rings. The smallest absolute Gasteiger partial charge is 0.284 e. The van der Waals surface area contributed by atoms with Crippen LogP contribution in [0.1, 0.15) is 38.1 Å². The monoisotopic (exact) mass is 309 g/mol. The standard InChI is InChI=1S/C14H19N3O3S/c1-10-5-7-11(8-6-10)21(19,20)17-9-12(15-16-17)13(18)14(2,3)4/h5-9,13,18H,1-4H3. The van der Waals surface area contributed by atoms with E-state index in [1.165, 1.54) is 18.3 Å². The molecule has 1 atom stereocenters. The average Bonchev–Trinajstić information content (AvgIpc) is 2.87. The highest BCUT2D eigenvalue weighted by atomic mass is 32.2. The summed E-state index contributed by atoms with van der Waals surface area (Å²) in [6, 6.07) is 6.47. The molecule has 114 valence electrons. The minimum absolute atomic E-state index is 0.134. The molecule has 0 aliphatic heterocycles. The Morgan fingerprint density at radius 1 is 1.19 bits per heavy atom. The number of nitrogens with zero attached hydrogens (tertiary/aromatic N) is 3. The predicted molar refractivity (Wildman–Crippen MR) is 78.2 cm³/mol. The minimum atomic E-state index is -3.78. The SMILES string of the molecule is Cc1ccc(S(=O)(=O)n2cc(C(O)C(C)(C)C)nn2)cc1. The van der Waals surface area contributed by atoms with Gasteiger partial charge in [0.05, 0.1) is 11.1 Å². The second-order valence-corrected chi connectivity index (χ2v) is 7.90. The first-order valence-corrected chi connectivity index (χ1v) is 7.99.